The Balaban J connectivity index is 0.928. The van der Waals surface area contributed by atoms with Gasteiger partial charge in [0.25, 0.3) is 0 Å². The average Bonchev–Trinajstić information content (AvgIpc) is 3.17. The van der Waals surface area contributed by atoms with Crippen molar-refractivity contribution in [2.45, 2.75) is 33.4 Å². The number of nitrogens with zero attached hydrogens (tertiary/aromatic N) is 3. The van der Waals surface area contributed by atoms with Crippen molar-refractivity contribution in [3.05, 3.63) is 147 Å². The number of piperazine rings is 1. The molecule has 1 aromatic heterocycles. The van der Waals surface area contributed by atoms with Crippen molar-refractivity contribution in [3.63, 3.8) is 0 Å². The Hall–Kier alpha value is -5.38. The molecule has 1 aliphatic heterocycles. The summed E-state index contributed by atoms with van der Waals surface area (Å²) in [4.78, 5) is 21.6. The number of hydrogen-bond donors (Lipinski definition) is 0. The number of methoxy groups -OCH3 is 1. The third-order valence-electron chi connectivity index (χ3n) is 9.06. The van der Waals surface area contributed by atoms with Gasteiger partial charge < -0.3 is 23.8 Å². The van der Waals surface area contributed by atoms with Crippen molar-refractivity contribution in [1.29, 1.82) is 0 Å². The molecule has 0 N–H and O–H groups in total. The van der Waals surface area contributed by atoms with E-state index in [2.05, 4.69) is 34.1 Å². The third kappa shape index (κ3) is 10.6. The van der Waals surface area contributed by atoms with E-state index in [1.807, 2.05) is 48.2 Å². The summed E-state index contributed by atoms with van der Waals surface area (Å²) >= 11 is 6.61. The normalized spacial score (nSPS) is 13.3. The molecule has 1 aliphatic rings. The number of ether oxygens (including phenoxy) is 4. The molecule has 274 valence electrons. The minimum absolute atomic E-state index is 0.0287. The number of benzene rings is 4. The fourth-order valence-corrected chi connectivity index (χ4v) is 6.23. The lowest BCUT2D eigenvalue weighted by atomic mass is 10.1. The predicted octanol–water partition coefficient (Wildman–Crippen LogP) is 8.85. The van der Waals surface area contributed by atoms with Crippen LogP contribution < -0.4 is 18.9 Å². The number of carbonyl (C=O) groups excluding carboxylic acids is 1. The lowest BCUT2D eigenvalue weighted by Gasteiger charge is -2.34. The SMILES string of the molecule is COc1ccc(OCCc2ccc(CN3CCN(C(=O)/C=C/c4cc(C)c(Oc5ccc(OCc6ccc(C)c(F)c6)cn5)c(Cl)c4)CC3)cc2)cc1. The van der Waals surface area contributed by atoms with E-state index in [4.69, 9.17) is 30.5 Å². The summed E-state index contributed by atoms with van der Waals surface area (Å²) in [6.45, 7) is 8.23. The predicted molar refractivity (Wildman–Crippen MR) is 205 cm³/mol. The summed E-state index contributed by atoms with van der Waals surface area (Å²) in [6, 6.07) is 28.4. The number of pyridine rings is 1. The molecule has 0 unspecified atom stereocenters. The van der Waals surface area contributed by atoms with E-state index in [1.165, 1.54) is 17.2 Å². The van der Waals surface area contributed by atoms with Gasteiger partial charge in [0.2, 0.25) is 11.8 Å². The number of hydrogen-bond acceptors (Lipinski definition) is 7. The van der Waals surface area contributed by atoms with Crippen molar-refractivity contribution in [2.75, 3.05) is 39.9 Å². The van der Waals surface area contributed by atoms with Crippen LogP contribution in [0.15, 0.2) is 103 Å². The first-order valence-corrected chi connectivity index (χ1v) is 18.0. The molecule has 53 heavy (non-hydrogen) atoms. The molecule has 10 heteroatoms. The monoisotopic (exact) mass is 735 g/mol. The van der Waals surface area contributed by atoms with Crippen molar-refractivity contribution in [2.24, 2.45) is 0 Å². The quantitative estimate of drug-likeness (QED) is 0.106. The zero-order chi connectivity index (χ0) is 37.2. The maximum atomic E-state index is 13.8. The second-order valence-corrected chi connectivity index (χ2v) is 13.4. The van der Waals surface area contributed by atoms with E-state index < -0.39 is 0 Å². The minimum atomic E-state index is -0.262. The van der Waals surface area contributed by atoms with Gasteiger partial charge in [-0.15, -0.1) is 0 Å². The first kappa shape index (κ1) is 37.4. The van der Waals surface area contributed by atoms with Crippen LogP contribution >= 0.6 is 11.6 Å². The first-order valence-electron chi connectivity index (χ1n) is 17.6. The van der Waals surface area contributed by atoms with Crippen molar-refractivity contribution < 1.29 is 28.1 Å². The molecule has 4 aromatic carbocycles. The Bertz CT molecular complexity index is 1990. The number of rotatable bonds is 14. The summed E-state index contributed by atoms with van der Waals surface area (Å²) < 4.78 is 36.6. The Kier molecular flexibility index (Phi) is 12.6. The van der Waals surface area contributed by atoms with Gasteiger partial charge in [0.05, 0.1) is 24.9 Å². The van der Waals surface area contributed by atoms with Crippen LogP contribution in [0.3, 0.4) is 0 Å². The van der Waals surface area contributed by atoms with E-state index in [0.29, 0.717) is 47.7 Å². The van der Waals surface area contributed by atoms with Crippen molar-refractivity contribution >= 4 is 23.6 Å². The lowest BCUT2D eigenvalue weighted by Crippen LogP contribution is -2.47. The van der Waals surface area contributed by atoms with Gasteiger partial charge in [-0.2, -0.15) is 0 Å². The van der Waals surface area contributed by atoms with Crippen LogP contribution in [0.2, 0.25) is 5.02 Å². The van der Waals surface area contributed by atoms with Crippen LogP contribution in [0.4, 0.5) is 4.39 Å². The van der Waals surface area contributed by atoms with Gasteiger partial charge in [-0.3, -0.25) is 9.69 Å². The van der Waals surface area contributed by atoms with Crippen LogP contribution in [-0.4, -0.2) is 60.6 Å². The highest BCUT2D eigenvalue weighted by molar-refractivity contribution is 6.32. The van der Waals surface area contributed by atoms with E-state index in [1.54, 1.807) is 56.6 Å². The number of aryl methyl sites for hydroxylation is 2. The lowest BCUT2D eigenvalue weighted by molar-refractivity contribution is -0.127. The van der Waals surface area contributed by atoms with Crippen LogP contribution in [0.25, 0.3) is 6.08 Å². The van der Waals surface area contributed by atoms with Gasteiger partial charge in [-0.05, 0) is 102 Å². The third-order valence-corrected chi connectivity index (χ3v) is 9.34. The smallest absolute Gasteiger partial charge is 0.246 e. The fourth-order valence-electron chi connectivity index (χ4n) is 5.92. The van der Waals surface area contributed by atoms with Gasteiger partial charge in [0.15, 0.2) is 5.75 Å². The van der Waals surface area contributed by atoms with Gasteiger partial charge >= 0.3 is 0 Å². The Morgan fingerprint density at radius 3 is 2.19 bits per heavy atom. The molecule has 6 rings (SSSR count). The van der Waals surface area contributed by atoms with Crippen molar-refractivity contribution in [3.8, 4) is 28.9 Å². The molecule has 2 heterocycles. The van der Waals surface area contributed by atoms with Gasteiger partial charge in [0.1, 0.15) is 29.7 Å². The van der Waals surface area contributed by atoms with Crippen LogP contribution in [-0.2, 0) is 24.4 Å². The van der Waals surface area contributed by atoms with Gasteiger partial charge in [-0.1, -0.05) is 48.0 Å². The molecular formula is C43H43ClFN3O5. The summed E-state index contributed by atoms with van der Waals surface area (Å²) in [7, 11) is 1.65. The molecule has 0 spiro atoms. The molecule has 0 bridgehead atoms. The molecule has 0 atom stereocenters. The van der Waals surface area contributed by atoms with Crippen molar-refractivity contribution in [1.82, 2.24) is 14.8 Å². The molecular weight excluding hydrogens is 693 g/mol. The molecule has 1 saturated heterocycles. The largest absolute Gasteiger partial charge is 0.497 e. The molecule has 1 fully saturated rings. The zero-order valence-corrected chi connectivity index (χ0v) is 30.9. The minimum Gasteiger partial charge on any atom is -0.497 e. The standard InChI is InChI=1S/C43H43ClFN3O5/c1-30-4-5-35(26-40(30)45)29-52-38-15-16-41(46-27-38)53-43-31(2)24-34(25-39(43)44)10-17-42(49)48-21-19-47(20-22-48)28-33-8-6-32(7-9-33)18-23-51-37-13-11-36(50-3)12-14-37/h4-17,24-27H,18-23,28-29H2,1-3H3/b17-10+. The molecule has 5 aromatic rings. The van der Waals surface area contributed by atoms with E-state index in [9.17, 15) is 9.18 Å². The molecule has 0 saturated carbocycles. The highest BCUT2D eigenvalue weighted by Gasteiger charge is 2.20. The molecule has 1 amide bonds. The number of aromatic nitrogens is 1. The summed E-state index contributed by atoms with van der Waals surface area (Å²) in [5.41, 5.74) is 5.40. The highest BCUT2D eigenvalue weighted by atomic mass is 35.5. The number of carbonyl (C=O) groups is 1. The molecule has 0 aliphatic carbocycles. The zero-order valence-electron chi connectivity index (χ0n) is 30.2. The summed E-state index contributed by atoms with van der Waals surface area (Å²) in [5.74, 6) is 2.71. The Morgan fingerprint density at radius 2 is 1.51 bits per heavy atom. The Labute approximate surface area is 315 Å². The van der Waals surface area contributed by atoms with E-state index >= 15 is 0 Å². The van der Waals surface area contributed by atoms with Crippen LogP contribution in [0.1, 0.15) is 33.4 Å². The summed E-state index contributed by atoms with van der Waals surface area (Å²) in [6.07, 6.45) is 5.76. The number of halogens is 2. The van der Waals surface area contributed by atoms with Gasteiger partial charge in [-0.25, -0.2) is 9.37 Å². The topological polar surface area (TPSA) is 73.4 Å². The maximum absolute atomic E-state index is 13.8. The van der Waals surface area contributed by atoms with E-state index in [0.717, 1.165) is 54.2 Å². The summed E-state index contributed by atoms with van der Waals surface area (Å²) in [5, 5.41) is 0.407. The highest BCUT2D eigenvalue weighted by Crippen LogP contribution is 2.34. The van der Waals surface area contributed by atoms with Crippen LogP contribution in [0.5, 0.6) is 28.9 Å². The molecule has 0 radical (unpaired) electrons. The second-order valence-electron chi connectivity index (χ2n) is 13.0. The van der Waals surface area contributed by atoms with Crippen LogP contribution in [0, 0.1) is 19.7 Å². The average molecular weight is 736 g/mol. The number of amides is 1. The van der Waals surface area contributed by atoms with Gasteiger partial charge in [0, 0.05) is 51.3 Å². The maximum Gasteiger partial charge on any atom is 0.246 e. The fraction of sp³-hybridized carbons (Fsp3) is 0.256. The second kappa shape index (κ2) is 17.9. The Morgan fingerprint density at radius 1 is 0.811 bits per heavy atom. The first-order chi connectivity index (χ1) is 25.7. The molecule has 8 nitrogen and oxygen atoms in total. The van der Waals surface area contributed by atoms with E-state index in [-0.39, 0.29) is 18.3 Å².